The molecule has 0 saturated heterocycles. The number of aliphatic hydroxyl groups is 1. The second-order valence-electron chi connectivity index (χ2n) is 4.48. The quantitative estimate of drug-likeness (QED) is 0.710. The first kappa shape index (κ1) is 12.6. The fourth-order valence-electron chi connectivity index (χ4n) is 1.84. The molecule has 1 aliphatic carbocycles. The van der Waals surface area contributed by atoms with Crippen molar-refractivity contribution in [1.82, 2.24) is 5.32 Å². The molecule has 1 saturated carbocycles. The fraction of sp³-hybridized carbons (Fsp3) is 0.385. The number of hydrogen-bond acceptors (Lipinski definition) is 3. The molecule has 1 aromatic rings. The summed E-state index contributed by atoms with van der Waals surface area (Å²) in [7, 11) is 0. The van der Waals surface area contributed by atoms with Crippen LogP contribution in [-0.4, -0.2) is 22.1 Å². The van der Waals surface area contributed by atoms with E-state index in [1.807, 2.05) is 12.1 Å². The normalized spacial score (nSPS) is 21.4. The first-order chi connectivity index (χ1) is 8.61. The number of benzene rings is 1. The molecule has 96 valence electrons. The van der Waals surface area contributed by atoms with Gasteiger partial charge in [0.25, 0.3) is 0 Å². The van der Waals surface area contributed by atoms with Crippen LogP contribution in [-0.2, 0) is 22.7 Å². The molecule has 3 N–H and O–H groups in total. The van der Waals surface area contributed by atoms with Crippen molar-refractivity contribution in [2.75, 3.05) is 0 Å². The summed E-state index contributed by atoms with van der Waals surface area (Å²) in [5, 5.41) is 20.3. The minimum atomic E-state index is -0.901. The Balaban J connectivity index is 1.81. The number of carbonyl (C=O) groups is 2. The predicted octanol–water partition coefficient (Wildman–Crippen LogP) is 0.516. The molecule has 2 atom stereocenters. The molecule has 1 aliphatic rings. The standard InChI is InChI=1S/C13H15NO4/c15-7-9-3-1-8(2-4-9)6-14-12(16)10-5-11(10)13(17)18/h1-4,10-11,15H,5-7H2,(H,14,16)(H,17,18)/t10-,11+/m1/s1. The molecule has 1 fully saturated rings. The smallest absolute Gasteiger partial charge is 0.307 e. The van der Waals surface area contributed by atoms with Crippen molar-refractivity contribution in [3.8, 4) is 0 Å². The van der Waals surface area contributed by atoms with Gasteiger partial charge in [-0.1, -0.05) is 24.3 Å². The molecular formula is C13H15NO4. The molecular weight excluding hydrogens is 234 g/mol. The van der Waals surface area contributed by atoms with Crippen LogP contribution in [0.4, 0.5) is 0 Å². The minimum absolute atomic E-state index is 0.00496. The Labute approximate surface area is 104 Å². The van der Waals surface area contributed by atoms with Gasteiger partial charge in [0, 0.05) is 6.54 Å². The Morgan fingerprint density at radius 3 is 2.28 bits per heavy atom. The number of carbonyl (C=O) groups excluding carboxylic acids is 1. The lowest BCUT2D eigenvalue weighted by Gasteiger charge is -2.05. The van der Waals surface area contributed by atoms with Crippen LogP contribution in [0.15, 0.2) is 24.3 Å². The zero-order valence-electron chi connectivity index (χ0n) is 9.80. The first-order valence-electron chi connectivity index (χ1n) is 5.81. The molecule has 0 aliphatic heterocycles. The summed E-state index contributed by atoms with van der Waals surface area (Å²) in [6.45, 7) is 0.377. The van der Waals surface area contributed by atoms with E-state index < -0.39 is 11.9 Å². The number of hydrogen-bond donors (Lipinski definition) is 3. The van der Waals surface area contributed by atoms with Gasteiger partial charge in [0.2, 0.25) is 5.91 Å². The number of amides is 1. The highest BCUT2D eigenvalue weighted by Gasteiger charge is 2.48. The average molecular weight is 249 g/mol. The number of nitrogens with one attached hydrogen (secondary N) is 1. The SMILES string of the molecule is O=C(O)[C@H]1C[C@H]1C(=O)NCc1ccc(CO)cc1. The maximum absolute atomic E-state index is 11.6. The van der Waals surface area contributed by atoms with Crippen LogP contribution in [0, 0.1) is 11.8 Å². The molecule has 0 unspecified atom stereocenters. The number of aliphatic hydroxyl groups excluding tert-OH is 1. The van der Waals surface area contributed by atoms with Crippen LogP contribution in [0.2, 0.25) is 0 Å². The fourth-order valence-corrected chi connectivity index (χ4v) is 1.84. The van der Waals surface area contributed by atoms with E-state index in [1.165, 1.54) is 0 Å². The van der Waals surface area contributed by atoms with Crippen LogP contribution < -0.4 is 5.32 Å². The molecule has 5 heteroatoms. The van der Waals surface area contributed by atoms with Gasteiger partial charge in [0.15, 0.2) is 0 Å². The van der Waals surface area contributed by atoms with E-state index >= 15 is 0 Å². The Morgan fingerprint density at radius 2 is 1.78 bits per heavy atom. The van der Waals surface area contributed by atoms with Gasteiger partial charge < -0.3 is 15.5 Å². The Hall–Kier alpha value is -1.88. The van der Waals surface area contributed by atoms with Crippen molar-refractivity contribution in [1.29, 1.82) is 0 Å². The van der Waals surface area contributed by atoms with Crippen LogP contribution in [0.1, 0.15) is 17.5 Å². The molecule has 1 aromatic carbocycles. The van der Waals surface area contributed by atoms with Crippen LogP contribution in [0.5, 0.6) is 0 Å². The zero-order valence-corrected chi connectivity index (χ0v) is 9.80. The number of carboxylic acids is 1. The largest absolute Gasteiger partial charge is 0.481 e. The lowest BCUT2D eigenvalue weighted by molar-refractivity contribution is -0.140. The van der Waals surface area contributed by atoms with Crippen molar-refractivity contribution in [2.24, 2.45) is 11.8 Å². The van der Waals surface area contributed by atoms with Crippen molar-refractivity contribution in [2.45, 2.75) is 19.6 Å². The first-order valence-corrected chi connectivity index (χ1v) is 5.81. The molecule has 0 bridgehead atoms. The van der Waals surface area contributed by atoms with Crippen molar-refractivity contribution >= 4 is 11.9 Å². The van der Waals surface area contributed by atoms with Crippen LogP contribution in [0.25, 0.3) is 0 Å². The maximum atomic E-state index is 11.6. The Kier molecular flexibility index (Phi) is 3.62. The van der Waals surface area contributed by atoms with Crippen molar-refractivity contribution < 1.29 is 19.8 Å². The lowest BCUT2D eigenvalue weighted by Crippen LogP contribution is -2.25. The van der Waals surface area contributed by atoms with Gasteiger partial charge in [0.1, 0.15) is 0 Å². The van der Waals surface area contributed by atoms with Gasteiger partial charge in [-0.2, -0.15) is 0 Å². The Bertz CT molecular complexity index is 455. The van der Waals surface area contributed by atoms with E-state index in [0.717, 1.165) is 11.1 Å². The molecule has 0 spiro atoms. The molecule has 5 nitrogen and oxygen atoms in total. The van der Waals surface area contributed by atoms with Crippen molar-refractivity contribution in [3.63, 3.8) is 0 Å². The molecule has 2 rings (SSSR count). The number of carboxylic acid groups (broad SMARTS) is 1. The van der Waals surface area contributed by atoms with Crippen LogP contribution in [0.3, 0.4) is 0 Å². The second-order valence-corrected chi connectivity index (χ2v) is 4.48. The molecule has 18 heavy (non-hydrogen) atoms. The summed E-state index contributed by atoms with van der Waals surface area (Å²) in [6, 6.07) is 7.23. The molecule has 1 amide bonds. The highest BCUT2D eigenvalue weighted by Crippen LogP contribution is 2.38. The summed E-state index contributed by atoms with van der Waals surface area (Å²) >= 11 is 0. The average Bonchev–Trinajstić information content (AvgIpc) is 3.17. The summed E-state index contributed by atoms with van der Waals surface area (Å²) in [5.41, 5.74) is 1.74. The minimum Gasteiger partial charge on any atom is -0.481 e. The third-order valence-corrected chi connectivity index (χ3v) is 3.12. The monoisotopic (exact) mass is 249 g/mol. The van der Waals surface area contributed by atoms with E-state index in [4.69, 9.17) is 10.2 Å². The van der Waals surface area contributed by atoms with Gasteiger partial charge >= 0.3 is 5.97 Å². The van der Waals surface area contributed by atoms with Crippen molar-refractivity contribution in [3.05, 3.63) is 35.4 Å². The van der Waals surface area contributed by atoms with Gasteiger partial charge in [0.05, 0.1) is 18.4 Å². The van der Waals surface area contributed by atoms with Gasteiger partial charge in [-0.25, -0.2) is 0 Å². The third kappa shape index (κ3) is 2.87. The summed E-state index contributed by atoms with van der Waals surface area (Å²) in [4.78, 5) is 22.2. The topological polar surface area (TPSA) is 86.6 Å². The van der Waals surface area contributed by atoms with Gasteiger partial charge in [-0.3, -0.25) is 9.59 Å². The lowest BCUT2D eigenvalue weighted by atomic mass is 10.1. The third-order valence-electron chi connectivity index (χ3n) is 3.12. The van der Waals surface area contributed by atoms with Crippen LogP contribution >= 0.6 is 0 Å². The van der Waals surface area contributed by atoms with E-state index in [1.54, 1.807) is 12.1 Å². The molecule has 0 aromatic heterocycles. The summed E-state index contributed by atoms with van der Waals surface area (Å²) < 4.78 is 0. The number of rotatable bonds is 5. The summed E-state index contributed by atoms with van der Waals surface area (Å²) in [6.07, 6.45) is 0.435. The maximum Gasteiger partial charge on any atom is 0.307 e. The Morgan fingerprint density at radius 1 is 1.17 bits per heavy atom. The highest BCUT2D eigenvalue weighted by molar-refractivity contribution is 5.89. The van der Waals surface area contributed by atoms with E-state index in [-0.39, 0.29) is 18.4 Å². The zero-order chi connectivity index (χ0) is 13.1. The van der Waals surface area contributed by atoms with E-state index in [0.29, 0.717) is 13.0 Å². The predicted molar refractivity (Wildman–Crippen MR) is 63.4 cm³/mol. The summed E-state index contributed by atoms with van der Waals surface area (Å²) in [5.74, 6) is -1.99. The van der Waals surface area contributed by atoms with Gasteiger partial charge in [-0.15, -0.1) is 0 Å². The highest BCUT2D eigenvalue weighted by atomic mass is 16.4. The van der Waals surface area contributed by atoms with E-state index in [2.05, 4.69) is 5.32 Å². The molecule has 0 heterocycles. The van der Waals surface area contributed by atoms with Gasteiger partial charge in [-0.05, 0) is 17.5 Å². The molecule has 0 radical (unpaired) electrons. The van der Waals surface area contributed by atoms with E-state index in [9.17, 15) is 9.59 Å². The number of aliphatic carboxylic acids is 1. The second kappa shape index (κ2) is 5.18.